The summed E-state index contributed by atoms with van der Waals surface area (Å²) in [5, 5.41) is 16.6. The molecule has 1 aromatic heterocycles. The van der Waals surface area contributed by atoms with Crippen molar-refractivity contribution in [3.63, 3.8) is 0 Å². The summed E-state index contributed by atoms with van der Waals surface area (Å²) in [4.78, 5) is 22.3. The normalized spacial score (nSPS) is 23.2. The van der Waals surface area contributed by atoms with Crippen LogP contribution in [0.15, 0.2) is 35.1 Å². The quantitative estimate of drug-likeness (QED) is 0.316. The fourth-order valence-corrected chi connectivity index (χ4v) is 4.92. The second-order valence-corrected chi connectivity index (χ2v) is 8.82. The molecule has 0 aliphatic heterocycles. The first-order valence-electron chi connectivity index (χ1n) is 10.2. The zero-order valence-electron chi connectivity index (χ0n) is 16.3. The van der Waals surface area contributed by atoms with Gasteiger partial charge in [-0.15, -0.1) is 11.3 Å². The molecule has 0 bridgehead atoms. The fourth-order valence-electron chi connectivity index (χ4n) is 3.91. The molecule has 2 fully saturated rings. The number of nitrogens with zero attached hydrogens (tertiary/aromatic N) is 2. The number of aromatic nitrogens is 1. The van der Waals surface area contributed by atoms with E-state index in [9.17, 15) is 9.90 Å². The van der Waals surface area contributed by atoms with Crippen molar-refractivity contribution in [2.24, 2.45) is 16.6 Å². The highest BCUT2D eigenvalue weighted by molar-refractivity contribution is 7.19. The Morgan fingerprint density at radius 3 is 2.72 bits per heavy atom. The number of thiazole rings is 1. The van der Waals surface area contributed by atoms with Gasteiger partial charge in [-0.2, -0.15) is 0 Å². The van der Waals surface area contributed by atoms with Gasteiger partial charge in [-0.25, -0.2) is 9.98 Å². The number of hydrogen-bond donors (Lipinski definition) is 4. The Kier molecular flexibility index (Phi) is 6.10. The van der Waals surface area contributed by atoms with Gasteiger partial charge in [-0.3, -0.25) is 4.79 Å². The van der Waals surface area contributed by atoms with Crippen LogP contribution in [0.25, 0.3) is 15.8 Å². The van der Waals surface area contributed by atoms with E-state index < -0.39 is 0 Å². The van der Waals surface area contributed by atoms with Gasteiger partial charge in [0.2, 0.25) is 0 Å². The molecule has 2 aromatic rings. The van der Waals surface area contributed by atoms with Crippen LogP contribution < -0.4 is 16.4 Å². The molecule has 4 rings (SSSR count). The van der Waals surface area contributed by atoms with Crippen LogP contribution in [-0.2, 0) is 4.79 Å². The lowest BCUT2D eigenvalue weighted by Gasteiger charge is -2.27. The first-order chi connectivity index (χ1) is 14.2. The Labute approximate surface area is 174 Å². The number of rotatable bonds is 7. The van der Waals surface area contributed by atoms with Crippen molar-refractivity contribution in [2.45, 2.75) is 50.6 Å². The summed E-state index contributed by atoms with van der Waals surface area (Å²) in [6, 6.07) is 8.20. The summed E-state index contributed by atoms with van der Waals surface area (Å²) in [6.45, 7) is 0.185. The minimum Gasteiger partial charge on any atom is -0.396 e. The number of hydrogen-bond acceptors (Lipinski definition) is 6. The first kappa shape index (κ1) is 19.8. The average Bonchev–Trinajstić information content (AvgIpc) is 3.31. The number of benzene rings is 1. The number of nitrogens with one attached hydrogen (secondary N) is 2. The Morgan fingerprint density at radius 2 is 2.07 bits per heavy atom. The van der Waals surface area contributed by atoms with E-state index in [0.29, 0.717) is 16.4 Å². The molecule has 2 aliphatic rings. The summed E-state index contributed by atoms with van der Waals surface area (Å²) in [5.41, 5.74) is 6.93. The van der Waals surface area contributed by atoms with Crippen molar-refractivity contribution in [1.82, 2.24) is 15.6 Å². The lowest BCUT2D eigenvalue weighted by atomic mass is 9.93. The van der Waals surface area contributed by atoms with E-state index in [-0.39, 0.29) is 30.5 Å². The number of aliphatic hydroxyl groups is 1. The van der Waals surface area contributed by atoms with Gasteiger partial charge < -0.3 is 21.5 Å². The minimum absolute atomic E-state index is 0.145. The summed E-state index contributed by atoms with van der Waals surface area (Å²) in [7, 11) is 0. The van der Waals surface area contributed by atoms with E-state index in [1.54, 1.807) is 0 Å². The summed E-state index contributed by atoms with van der Waals surface area (Å²) >= 11 is 1.48. The summed E-state index contributed by atoms with van der Waals surface area (Å²) in [5.74, 6) is 0.566. The van der Waals surface area contributed by atoms with E-state index in [4.69, 9.17) is 10.7 Å². The second-order valence-electron chi connectivity index (χ2n) is 7.79. The Bertz CT molecular complexity index is 901. The molecule has 2 aliphatic carbocycles. The number of carbonyl (C=O) groups is 1. The lowest BCUT2D eigenvalue weighted by molar-refractivity contribution is -0.116. The predicted octanol–water partition coefficient (Wildman–Crippen LogP) is 2.37. The van der Waals surface area contributed by atoms with Crippen molar-refractivity contribution >= 4 is 39.4 Å². The number of aliphatic imine (C=N–C) groups is 1. The predicted molar refractivity (Wildman–Crippen MR) is 116 cm³/mol. The topological polar surface area (TPSA) is 113 Å². The third kappa shape index (κ3) is 4.43. The molecule has 29 heavy (non-hydrogen) atoms. The number of fused-ring (bicyclic) bond motifs is 1. The average molecular weight is 414 g/mol. The number of para-hydroxylation sites is 1. The van der Waals surface area contributed by atoms with Gasteiger partial charge in [0.25, 0.3) is 5.91 Å². The molecule has 0 spiro atoms. The van der Waals surface area contributed by atoms with Crippen LogP contribution in [0.3, 0.4) is 0 Å². The van der Waals surface area contributed by atoms with Gasteiger partial charge in [0.15, 0.2) is 0 Å². The smallest absolute Gasteiger partial charge is 0.258 e. The molecule has 0 saturated heterocycles. The van der Waals surface area contributed by atoms with Crippen LogP contribution in [0.5, 0.6) is 0 Å². The molecule has 0 radical (unpaired) electrons. The molecule has 1 aromatic carbocycles. The van der Waals surface area contributed by atoms with Crippen LogP contribution in [0.1, 0.15) is 43.5 Å². The van der Waals surface area contributed by atoms with Gasteiger partial charge in [0, 0.05) is 18.7 Å². The zero-order valence-corrected chi connectivity index (χ0v) is 17.1. The largest absolute Gasteiger partial charge is 0.396 e. The van der Waals surface area contributed by atoms with E-state index in [2.05, 4.69) is 15.6 Å². The maximum Gasteiger partial charge on any atom is 0.258 e. The Morgan fingerprint density at radius 1 is 1.24 bits per heavy atom. The van der Waals surface area contributed by atoms with Crippen molar-refractivity contribution in [1.29, 1.82) is 0 Å². The lowest BCUT2D eigenvalue weighted by Crippen LogP contribution is -2.41. The highest BCUT2D eigenvalue weighted by atomic mass is 32.1. The number of amides is 1. The van der Waals surface area contributed by atoms with Crippen LogP contribution in [0.4, 0.5) is 0 Å². The van der Waals surface area contributed by atoms with E-state index in [0.717, 1.165) is 48.7 Å². The maximum atomic E-state index is 13.2. The van der Waals surface area contributed by atoms with Crippen LogP contribution >= 0.6 is 11.3 Å². The van der Waals surface area contributed by atoms with Gasteiger partial charge in [-0.1, -0.05) is 12.1 Å². The first-order valence-corrected chi connectivity index (χ1v) is 11.0. The van der Waals surface area contributed by atoms with Crippen molar-refractivity contribution in [2.75, 3.05) is 6.61 Å². The highest BCUT2D eigenvalue weighted by Gasteiger charge is 2.29. The van der Waals surface area contributed by atoms with Gasteiger partial charge >= 0.3 is 0 Å². The third-order valence-corrected chi connectivity index (χ3v) is 6.81. The SMILES string of the molecule is N/C=N\C(NC1CCC(CO)C1)=C(/C(=O)NC1CCC1)c1nc2ccccc2s1. The summed E-state index contributed by atoms with van der Waals surface area (Å²) in [6.07, 6.45) is 7.08. The molecule has 8 heteroatoms. The zero-order chi connectivity index (χ0) is 20.2. The number of aliphatic hydroxyl groups excluding tert-OH is 1. The molecule has 1 amide bonds. The van der Waals surface area contributed by atoms with Gasteiger partial charge in [0.1, 0.15) is 16.4 Å². The van der Waals surface area contributed by atoms with Crippen molar-refractivity contribution in [3.05, 3.63) is 35.1 Å². The van der Waals surface area contributed by atoms with E-state index >= 15 is 0 Å². The molecule has 2 saturated carbocycles. The minimum atomic E-state index is -0.168. The van der Waals surface area contributed by atoms with Crippen LogP contribution in [0, 0.1) is 5.92 Å². The second kappa shape index (κ2) is 8.92. The standard InChI is InChI=1S/C21H27N5O2S/c22-12-23-19(24-15-9-8-13(10-15)11-27)18(20(28)25-14-4-3-5-14)21-26-16-6-1-2-7-17(16)29-21/h1-2,6-7,12-15,24,27H,3-5,8-11H2,(H2,22,23)(H,25,28)/b19-18-. The highest BCUT2D eigenvalue weighted by Crippen LogP contribution is 2.31. The molecule has 2 unspecified atom stereocenters. The maximum absolute atomic E-state index is 13.2. The Balaban J connectivity index is 1.71. The molecule has 154 valence electrons. The van der Waals surface area contributed by atoms with Crippen LogP contribution in [-0.4, -0.2) is 41.0 Å². The van der Waals surface area contributed by atoms with Crippen LogP contribution in [0.2, 0.25) is 0 Å². The van der Waals surface area contributed by atoms with E-state index in [1.807, 2.05) is 24.3 Å². The van der Waals surface area contributed by atoms with Crippen molar-refractivity contribution in [3.8, 4) is 0 Å². The Hall–Kier alpha value is -2.45. The molecule has 2 atom stereocenters. The fraction of sp³-hybridized carbons (Fsp3) is 0.476. The number of nitrogens with two attached hydrogens (primary N) is 1. The van der Waals surface area contributed by atoms with E-state index in [1.165, 1.54) is 17.7 Å². The molecule has 1 heterocycles. The molecular weight excluding hydrogens is 386 g/mol. The molecule has 5 N–H and O–H groups in total. The molecule has 7 nitrogen and oxygen atoms in total. The molecular formula is C21H27N5O2S. The number of carbonyl (C=O) groups excluding carboxylic acids is 1. The summed E-state index contributed by atoms with van der Waals surface area (Å²) < 4.78 is 1.02. The van der Waals surface area contributed by atoms with Gasteiger partial charge in [-0.05, 0) is 56.6 Å². The van der Waals surface area contributed by atoms with Crippen molar-refractivity contribution < 1.29 is 9.90 Å². The monoisotopic (exact) mass is 413 g/mol. The van der Waals surface area contributed by atoms with Gasteiger partial charge in [0.05, 0.1) is 16.6 Å². The third-order valence-electron chi connectivity index (χ3n) is 5.76.